The van der Waals surface area contributed by atoms with Crippen LogP contribution in [0.4, 0.5) is 0 Å². The summed E-state index contributed by atoms with van der Waals surface area (Å²) in [6.07, 6.45) is 4.57. The standard InChI is InChI=1S/C14H27NO5/c1-4-13(20-15(17)18)9-5-6-10-14(16)19-11-7-8-12(2)3/h12-13H,4-11H2,1-3H3. The van der Waals surface area contributed by atoms with Crippen LogP contribution in [0.3, 0.4) is 0 Å². The Kier molecular flexibility index (Phi) is 10.7. The van der Waals surface area contributed by atoms with E-state index in [-0.39, 0.29) is 12.1 Å². The maximum atomic E-state index is 11.4. The van der Waals surface area contributed by atoms with E-state index in [0.717, 1.165) is 19.3 Å². The maximum Gasteiger partial charge on any atom is 0.305 e. The molecular formula is C14H27NO5. The molecule has 1 atom stereocenters. The molecule has 0 aromatic rings. The third-order valence-corrected chi connectivity index (χ3v) is 3.04. The van der Waals surface area contributed by atoms with Crippen LogP contribution in [0.2, 0.25) is 0 Å². The number of carbonyl (C=O) groups excluding carboxylic acids is 1. The van der Waals surface area contributed by atoms with Gasteiger partial charge in [-0.15, -0.1) is 10.1 Å². The van der Waals surface area contributed by atoms with Gasteiger partial charge in [-0.1, -0.05) is 27.2 Å². The summed E-state index contributed by atoms with van der Waals surface area (Å²) in [5.74, 6) is 0.443. The number of esters is 1. The van der Waals surface area contributed by atoms with E-state index in [1.807, 2.05) is 6.92 Å². The fourth-order valence-electron chi connectivity index (χ4n) is 1.84. The molecule has 0 bridgehead atoms. The molecule has 1 unspecified atom stereocenters. The Balaban J connectivity index is 3.53. The molecule has 20 heavy (non-hydrogen) atoms. The minimum Gasteiger partial charge on any atom is -0.466 e. The molecule has 0 spiro atoms. The van der Waals surface area contributed by atoms with E-state index in [0.29, 0.717) is 38.2 Å². The van der Waals surface area contributed by atoms with Gasteiger partial charge in [-0.2, -0.15) is 0 Å². The summed E-state index contributed by atoms with van der Waals surface area (Å²) >= 11 is 0. The fourth-order valence-corrected chi connectivity index (χ4v) is 1.84. The summed E-state index contributed by atoms with van der Waals surface area (Å²) in [7, 11) is 0. The van der Waals surface area contributed by atoms with Crippen LogP contribution in [0.5, 0.6) is 0 Å². The van der Waals surface area contributed by atoms with Crippen LogP contribution >= 0.6 is 0 Å². The lowest BCUT2D eigenvalue weighted by molar-refractivity contribution is -0.768. The van der Waals surface area contributed by atoms with Gasteiger partial charge in [0.25, 0.3) is 5.09 Å². The van der Waals surface area contributed by atoms with E-state index < -0.39 is 5.09 Å². The van der Waals surface area contributed by atoms with Crippen molar-refractivity contribution in [3.8, 4) is 0 Å². The fraction of sp³-hybridized carbons (Fsp3) is 0.929. The molecule has 0 N–H and O–H groups in total. The van der Waals surface area contributed by atoms with Crippen LogP contribution in [0.15, 0.2) is 0 Å². The molecule has 6 heteroatoms. The average Bonchev–Trinajstić information content (AvgIpc) is 2.37. The molecule has 0 heterocycles. The molecule has 118 valence electrons. The molecule has 0 fully saturated rings. The lowest BCUT2D eigenvalue weighted by atomic mass is 10.1. The van der Waals surface area contributed by atoms with Gasteiger partial charge in [0.05, 0.1) is 6.61 Å². The van der Waals surface area contributed by atoms with Crippen LogP contribution in [-0.2, 0) is 14.4 Å². The number of hydrogen-bond acceptors (Lipinski definition) is 5. The van der Waals surface area contributed by atoms with Crippen LogP contribution in [0.25, 0.3) is 0 Å². The number of rotatable bonds is 12. The smallest absolute Gasteiger partial charge is 0.305 e. The van der Waals surface area contributed by atoms with E-state index in [1.54, 1.807) is 0 Å². The first-order valence-corrected chi connectivity index (χ1v) is 7.42. The predicted molar refractivity (Wildman–Crippen MR) is 75.7 cm³/mol. The Morgan fingerprint density at radius 2 is 1.90 bits per heavy atom. The molecule has 0 aliphatic rings. The molecule has 0 saturated heterocycles. The van der Waals surface area contributed by atoms with Gasteiger partial charge in [0.1, 0.15) is 6.10 Å². The van der Waals surface area contributed by atoms with Crippen molar-refractivity contribution < 1.29 is 19.5 Å². The Morgan fingerprint density at radius 1 is 1.20 bits per heavy atom. The Hall–Kier alpha value is -1.33. The van der Waals surface area contributed by atoms with Gasteiger partial charge in [-0.25, -0.2) is 0 Å². The third kappa shape index (κ3) is 11.7. The second-order valence-electron chi connectivity index (χ2n) is 5.36. The van der Waals surface area contributed by atoms with Gasteiger partial charge in [0.2, 0.25) is 0 Å². The zero-order chi connectivity index (χ0) is 15.4. The molecule has 0 radical (unpaired) electrons. The van der Waals surface area contributed by atoms with Crippen LogP contribution in [0.1, 0.15) is 65.7 Å². The summed E-state index contributed by atoms with van der Waals surface area (Å²) in [5.41, 5.74) is 0. The second kappa shape index (κ2) is 11.5. The van der Waals surface area contributed by atoms with Crippen molar-refractivity contribution in [3.05, 3.63) is 10.1 Å². The normalized spacial score (nSPS) is 12.2. The van der Waals surface area contributed by atoms with Crippen LogP contribution < -0.4 is 0 Å². The van der Waals surface area contributed by atoms with Gasteiger partial charge < -0.3 is 9.57 Å². The number of nitrogens with zero attached hydrogens (tertiary/aromatic N) is 1. The second-order valence-corrected chi connectivity index (χ2v) is 5.36. The number of unbranched alkanes of at least 4 members (excludes halogenated alkanes) is 1. The van der Waals surface area contributed by atoms with E-state index in [9.17, 15) is 14.9 Å². The lowest BCUT2D eigenvalue weighted by Gasteiger charge is -2.11. The van der Waals surface area contributed by atoms with E-state index in [4.69, 9.17) is 4.74 Å². The SMILES string of the molecule is CCC(CCCCC(=O)OCCCC(C)C)O[N+](=O)[O-]. The first-order valence-electron chi connectivity index (χ1n) is 7.42. The number of hydrogen-bond donors (Lipinski definition) is 0. The summed E-state index contributed by atoms with van der Waals surface area (Å²) in [5, 5.41) is 9.46. The number of ether oxygens (including phenoxy) is 1. The van der Waals surface area contributed by atoms with Crippen molar-refractivity contribution in [1.82, 2.24) is 0 Å². The van der Waals surface area contributed by atoms with E-state index in [2.05, 4.69) is 18.7 Å². The molecule has 0 aromatic heterocycles. The Morgan fingerprint density at radius 3 is 2.45 bits per heavy atom. The first kappa shape index (κ1) is 18.7. The van der Waals surface area contributed by atoms with Crippen LogP contribution in [-0.4, -0.2) is 23.8 Å². The highest BCUT2D eigenvalue weighted by molar-refractivity contribution is 5.69. The summed E-state index contributed by atoms with van der Waals surface area (Å²) in [6, 6.07) is 0. The zero-order valence-corrected chi connectivity index (χ0v) is 12.8. The molecule has 6 nitrogen and oxygen atoms in total. The first-order chi connectivity index (χ1) is 9.45. The highest BCUT2D eigenvalue weighted by atomic mass is 17.0. The maximum absolute atomic E-state index is 11.4. The molecule has 0 saturated carbocycles. The summed E-state index contributed by atoms with van der Waals surface area (Å²) in [4.78, 5) is 26.1. The Labute approximate surface area is 120 Å². The zero-order valence-electron chi connectivity index (χ0n) is 12.8. The largest absolute Gasteiger partial charge is 0.466 e. The minimum atomic E-state index is -0.753. The summed E-state index contributed by atoms with van der Waals surface area (Å²) in [6.45, 7) is 6.61. The van der Waals surface area contributed by atoms with Gasteiger partial charge in [0.15, 0.2) is 0 Å². The van der Waals surface area contributed by atoms with Crippen molar-refractivity contribution in [2.45, 2.75) is 71.8 Å². The van der Waals surface area contributed by atoms with Gasteiger partial charge >= 0.3 is 5.97 Å². The van der Waals surface area contributed by atoms with E-state index in [1.165, 1.54) is 0 Å². The Bertz CT molecular complexity index is 281. The lowest BCUT2D eigenvalue weighted by Crippen LogP contribution is -2.16. The molecule has 0 rings (SSSR count). The molecule has 0 aromatic carbocycles. The van der Waals surface area contributed by atoms with Crippen molar-refractivity contribution in [1.29, 1.82) is 0 Å². The van der Waals surface area contributed by atoms with E-state index >= 15 is 0 Å². The van der Waals surface area contributed by atoms with Crippen molar-refractivity contribution >= 4 is 5.97 Å². The van der Waals surface area contributed by atoms with Crippen molar-refractivity contribution in [3.63, 3.8) is 0 Å². The van der Waals surface area contributed by atoms with Gasteiger partial charge in [0, 0.05) is 6.42 Å². The van der Waals surface area contributed by atoms with Crippen molar-refractivity contribution in [2.24, 2.45) is 5.92 Å². The minimum absolute atomic E-state index is 0.183. The van der Waals surface area contributed by atoms with Gasteiger partial charge in [-0.3, -0.25) is 4.79 Å². The topological polar surface area (TPSA) is 78.7 Å². The quantitative estimate of drug-likeness (QED) is 0.238. The monoisotopic (exact) mass is 289 g/mol. The molecule has 0 amide bonds. The highest BCUT2D eigenvalue weighted by Gasteiger charge is 2.11. The molecule has 0 aliphatic carbocycles. The van der Waals surface area contributed by atoms with Crippen molar-refractivity contribution in [2.75, 3.05) is 6.61 Å². The summed E-state index contributed by atoms with van der Waals surface area (Å²) < 4.78 is 5.11. The predicted octanol–water partition coefficient (Wildman–Crippen LogP) is 3.51. The van der Waals surface area contributed by atoms with Gasteiger partial charge in [-0.05, 0) is 38.0 Å². The number of carbonyl (C=O) groups is 1. The highest BCUT2D eigenvalue weighted by Crippen LogP contribution is 2.11. The molecule has 0 aliphatic heterocycles. The third-order valence-electron chi connectivity index (χ3n) is 3.04. The van der Waals surface area contributed by atoms with Crippen LogP contribution in [0, 0.1) is 16.0 Å². The molecular weight excluding hydrogens is 262 g/mol. The average molecular weight is 289 g/mol.